The summed E-state index contributed by atoms with van der Waals surface area (Å²) in [4.78, 5) is 32.2. The van der Waals surface area contributed by atoms with Gasteiger partial charge >= 0.3 is 0 Å². The summed E-state index contributed by atoms with van der Waals surface area (Å²) in [5.74, 6) is 2.72. The lowest BCUT2D eigenvalue weighted by Gasteiger charge is -2.30. The SMILES string of the molecule is C#CCCC(=O)N1CCC[C@H]1c1nn(Cc2ccccn2)c2c1C(=O)CC(C)(C)C2. The van der Waals surface area contributed by atoms with Crippen molar-refractivity contribution in [3.63, 3.8) is 0 Å². The zero-order valence-electron chi connectivity index (χ0n) is 17.7. The lowest BCUT2D eigenvalue weighted by molar-refractivity contribution is -0.132. The Balaban J connectivity index is 1.74. The van der Waals surface area contributed by atoms with Crippen molar-refractivity contribution in [3.05, 3.63) is 47.0 Å². The molecule has 0 saturated carbocycles. The Morgan fingerprint density at radius 2 is 2.17 bits per heavy atom. The van der Waals surface area contributed by atoms with Crippen molar-refractivity contribution in [1.82, 2.24) is 19.7 Å². The number of carbonyl (C=O) groups is 2. The standard InChI is InChI=1S/C24H28N4O2/c1-4-5-11-21(30)27-13-8-10-18(27)23-22-19(14-24(2,3)15-20(22)29)28(26-23)16-17-9-6-7-12-25-17/h1,6-7,9,12,18H,5,8,10-11,13-16H2,2-3H3/t18-/m0/s1. The molecule has 156 valence electrons. The van der Waals surface area contributed by atoms with Gasteiger partial charge in [0.2, 0.25) is 5.91 Å². The maximum absolute atomic E-state index is 13.2. The van der Waals surface area contributed by atoms with Gasteiger partial charge in [-0.05, 0) is 36.8 Å². The van der Waals surface area contributed by atoms with E-state index in [1.807, 2.05) is 27.8 Å². The van der Waals surface area contributed by atoms with Crippen molar-refractivity contribution in [2.24, 2.45) is 5.41 Å². The van der Waals surface area contributed by atoms with Crippen LogP contribution < -0.4 is 0 Å². The third-order valence-electron chi connectivity index (χ3n) is 6.06. The van der Waals surface area contributed by atoms with Crippen molar-refractivity contribution < 1.29 is 9.59 Å². The predicted molar refractivity (Wildman–Crippen MR) is 114 cm³/mol. The topological polar surface area (TPSA) is 68.1 Å². The van der Waals surface area contributed by atoms with E-state index in [2.05, 4.69) is 24.8 Å². The van der Waals surface area contributed by atoms with Crippen LogP contribution in [0.1, 0.15) is 79.4 Å². The summed E-state index contributed by atoms with van der Waals surface area (Å²) < 4.78 is 1.94. The van der Waals surface area contributed by atoms with Crippen LogP contribution in [0.3, 0.4) is 0 Å². The maximum atomic E-state index is 13.2. The Morgan fingerprint density at radius 3 is 2.90 bits per heavy atom. The largest absolute Gasteiger partial charge is 0.334 e. The van der Waals surface area contributed by atoms with Gasteiger partial charge in [0.15, 0.2) is 5.78 Å². The van der Waals surface area contributed by atoms with Gasteiger partial charge in [0.05, 0.1) is 35.2 Å². The average Bonchev–Trinajstić information content (AvgIpc) is 3.31. The molecular formula is C24H28N4O2. The number of hydrogen-bond acceptors (Lipinski definition) is 4. The van der Waals surface area contributed by atoms with E-state index in [1.54, 1.807) is 6.20 Å². The third-order valence-corrected chi connectivity index (χ3v) is 6.06. The summed E-state index contributed by atoms with van der Waals surface area (Å²) in [7, 11) is 0. The summed E-state index contributed by atoms with van der Waals surface area (Å²) >= 11 is 0. The molecule has 0 bridgehead atoms. The minimum atomic E-state index is -0.154. The normalized spacial score (nSPS) is 20.1. The van der Waals surface area contributed by atoms with Gasteiger partial charge < -0.3 is 4.90 Å². The van der Waals surface area contributed by atoms with Crippen LogP contribution in [-0.2, 0) is 17.8 Å². The fraction of sp³-hybridized carbons (Fsp3) is 0.500. The maximum Gasteiger partial charge on any atom is 0.224 e. The smallest absolute Gasteiger partial charge is 0.224 e. The Labute approximate surface area is 177 Å². The molecule has 4 rings (SSSR count). The number of pyridine rings is 1. The van der Waals surface area contributed by atoms with Gasteiger partial charge in [-0.3, -0.25) is 19.3 Å². The lowest BCUT2D eigenvalue weighted by atomic mass is 9.75. The minimum Gasteiger partial charge on any atom is -0.334 e. The number of hydrogen-bond donors (Lipinski definition) is 0. The zero-order valence-corrected chi connectivity index (χ0v) is 17.7. The molecule has 2 aromatic rings. The summed E-state index contributed by atoms with van der Waals surface area (Å²) in [5.41, 5.74) is 3.25. The van der Waals surface area contributed by atoms with Crippen LogP contribution in [0.5, 0.6) is 0 Å². The molecule has 0 radical (unpaired) electrons. The van der Waals surface area contributed by atoms with E-state index in [0.29, 0.717) is 32.4 Å². The van der Waals surface area contributed by atoms with Gasteiger partial charge in [-0.1, -0.05) is 19.9 Å². The fourth-order valence-corrected chi connectivity index (χ4v) is 4.72. The Bertz CT molecular complexity index is 1000. The number of ketones is 1. The van der Waals surface area contributed by atoms with E-state index >= 15 is 0 Å². The van der Waals surface area contributed by atoms with Crippen molar-refractivity contribution in [2.45, 2.75) is 65.0 Å². The summed E-state index contributed by atoms with van der Waals surface area (Å²) in [5, 5.41) is 4.92. The number of terminal acetylenes is 1. The number of fused-ring (bicyclic) bond motifs is 1. The van der Waals surface area contributed by atoms with Gasteiger partial charge in [-0.2, -0.15) is 5.10 Å². The van der Waals surface area contributed by atoms with Gasteiger partial charge in [0.1, 0.15) is 0 Å². The van der Waals surface area contributed by atoms with Crippen molar-refractivity contribution in [1.29, 1.82) is 0 Å². The highest BCUT2D eigenvalue weighted by molar-refractivity contribution is 6.00. The molecule has 1 aliphatic heterocycles. The number of likely N-dealkylation sites (tertiary alicyclic amines) is 1. The molecule has 1 atom stereocenters. The molecule has 0 spiro atoms. The Hall–Kier alpha value is -2.94. The molecule has 6 nitrogen and oxygen atoms in total. The molecule has 3 heterocycles. The van der Waals surface area contributed by atoms with Crippen molar-refractivity contribution in [2.75, 3.05) is 6.54 Å². The summed E-state index contributed by atoms with van der Waals surface area (Å²) in [6, 6.07) is 5.66. The van der Waals surface area contributed by atoms with E-state index in [1.165, 1.54) is 0 Å². The Morgan fingerprint density at radius 1 is 1.33 bits per heavy atom. The Kier molecular flexibility index (Phi) is 5.46. The van der Waals surface area contributed by atoms with E-state index in [9.17, 15) is 9.59 Å². The first kappa shape index (κ1) is 20.3. The van der Waals surface area contributed by atoms with Crippen LogP contribution in [0.15, 0.2) is 24.4 Å². The zero-order chi connectivity index (χ0) is 21.3. The van der Waals surface area contributed by atoms with Crippen molar-refractivity contribution >= 4 is 11.7 Å². The van der Waals surface area contributed by atoms with E-state index in [0.717, 1.165) is 41.9 Å². The van der Waals surface area contributed by atoms with Crippen LogP contribution in [0.2, 0.25) is 0 Å². The number of carbonyl (C=O) groups excluding carboxylic acids is 2. The number of amides is 1. The fourth-order valence-electron chi connectivity index (χ4n) is 4.72. The predicted octanol–water partition coefficient (Wildman–Crippen LogP) is 3.56. The lowest BCUT2D eigenvalue weighted by Crippen LogP contribution is -2.32. The van der Waals surface area contributed by atoms with Crippen LogP contribution >= 0.6 is 0 Å². The first-order valence-electron chi connectivity index (χ1n) is 10.7. The highest BCUT2D eigenvalue weighted by Gasteiger charge is 2.41. The monoisotopic (exact) mass is 404 g/mol. The number of nitrogens with zero attached hydrogens (tertiary/aromatic N) is 4. The number of aromatic nitrogens is 3. The molecule has 0 aromatic carbocycles. The molecule has 1 amide bonds. The summed E-state index contributed by atoms with van der Waals surface area (Å²) in [6.07, 6.45) is 10.9. The van der Waals surface area contributed by atoms with Crippen LogP contribution in [0, 0.1) is 17.8 Å². The highest BCUT2D eigenvalue weighted by Crippen LogP contribution is 2.41. The minimum absolute atomic E-state index is 0.0482. The van der Waals surface area contributed by atoms with Gasteiger partial charge in [0.25, 0.3) is 0 Å². The molecule has 2 aromatic heterocycles. The second-order valence-corrected chi connectivity index (χ2v) is 9.08. The quantitative estimate of drug-likeness (QED) is 0.715. The average molecular weight is 405 g/mol. The molecule has 0 unspecified atom stereocenters. The van der Waals surface area contributed by atoms with Crippen LogP contribution in [0.25, 0.3) is 0 Å². The molecule has 6 heteroatoms. The first-order chi connectivity index (χ1) is 14.4. The molecule has 2 aliphatic rings. The summed E-state index contributed by atoms with van der Waals surface area (Å²) in [6.45, 7) is 5.45. The second-order valence-electron chi connectivity index (χ2n) is 9.08. The molecule has 30 heavy (non-hydrogen) atoms. The highest BCUT2D eigenvalue weighted by atomic mass is 16.2. The van der Waals surface area contributed by atoms with Gasteiger partial charge in [0, 0.05) is 32.0 Å². The number of rotatable bonds is 5. The molecule has 0 N–H and O–H groups in total. The molecule has 1 fully saturated rings. The number of Topliss-reactive ketones (excluding diaryl/α,β-unsaturated/α-hetero) is 1. The third kappa shape index (κ3) is 3.89. The van der Waals surface area contributed by atoms with E-state index in [4.69, 9.17) is 11.5 Å². The second kappa shape index (κ2) is 8.06. The molecule has 1 aliphatic carbocycles. The van der Waals surface area contributed by atoms with E-state index < -0.39 is 0 Å². The van der Waals surface area contributed by atoms with Crippen LogP contribution in [0.4, 0.5) is 0 Å². The van der Waals surface area contributed by atoms with Crippen molar-refractivity contribution in [3.8, 4) is 12.3 Å². The van der Waals surface area contributed by atoms with Crippen LogP contribution in [-0.4, -0.2) is 37.9 Å². The van der Waals surface area contributed by atoms with E-state index in [-0.39, 0.29) is 23.1 Å². The molecular weight excluding hydrogens is 376 g/mol. The van der Waals surface area contributed by atoms with Gasteiger partial charge in [-0.15, -0.1) is 12.3 Å². The first-order valence-corrected chi connectivity index (χ1v) is 10.7. The molecule has 1 saturated heterocycles. The van der Waals surface area contributed by atoms with Gasteiger partial charge in [-0.25, -0.2) is 0 Å².